The summed E-state index contributed by atoms with van der Waals surface area (Å²) < 4.78 is 6.26. The predicted molar refractivity (Wildman–Crippen MR) is 76.2 cm³/mol. The lowest BCUT2D eigenvalue weighted by atomic mass is 10.1. The van der Waals surface area contributed by atoms with E-state index in [2.05, 4.69) is 10.5 Å². The fraction of sp³-hybridized carbons (Fsp3) is 0.214. The number of carbonyl (C=O) groups is 1. The van der Waals surface area contributed by atoms with Crippen LogP contribution in [0.15, 0.2) is 44.9 Å². The highest BCUT2D eigenvalue weighted by Gasteiger charge is 2.10. The Bertz CT molecular complexity index is 725. The Morgan fingerprint density at radius 3 is 2.57 bits per heavy atom. The zero-order valence-electron chi connectivity index (χ0n) is 11.7. The molecular weight excluding hydrogens is 274 g/mol. The fourth-order valence-electron chi connectivity index (χ4n) is 1.79. The maximum Gasteiger partial charge on any atom is 0.365 e. The van der Waals surface area contributed by atoms with E-state index in [0.717, 1.165) is 5.56 Å². The quantitative estimate of drug-likeness (QED) is 0.505. The molecule has 0 aliphatic rings. The summed E-state index contributed by atoms with van der Waals surface area (Å²) in [6.45, 7) is 3.15. The van der Waals surface area contributed by atoms with Gasteiger partial charge < -0.3 is 15.0 Å². The molecule has 2 aromatic rings. The molecule has 1 aromatic carbocycles. The Hall–Kier alpha value is -2.83. The van der Waals surface area contributed by atoms with Crippen LogP contribution in [0.25, 0.3) is 11.1 Å². The number of rotatable bonds is 4. The number of carbonyl (C=O) groups excluding carboxylic acids is 1. The molecule has 7 heteroatoms. The molecule has 0 saturated carbocycles. The molecule has 0 unspecified atom stereocenters. The van der Waals surface area contributed by atoms with Gasteiger partial charge in [0.2, 0.25) is 5.91 Å². The minimum absolute atomic E-state index is 0.0962. The van der Waals surface area contributed by atoms with Crippen molar-refractivity contribution in [1.82, 2.24) is 10.1 Å². The number of hydrogen-bond acceptors (Lipinski definition) is 5. The smallest absolute Gasteiger partial charge is 0.365 e. The number of benzene rings is 1. The summed E-state index contributed by atoms with van der Waals surface area (Å²) in [7, 11) is 0. The van der Waals surface area contributed by atoms with Crippen LogP contribution in [-0.2, 0) is 11.5 Å². The molecular formula is C14H15N3O4. The van der Waals surface area contributed by atoms with Gasteiger partial charge in [-0.25, -0.2) is 4.79 Å². The second kappa shape index (κ2) is 6.08. The van der Waals surface area contributed by atoms with Crippen molar-refractivity contribution < 1.29 is 14.5 Å². The van der Waals surface area contributed by atoms with Crippen LogP contribution < -0.4 is 10.9 Å². The van der Waals surface area contributed by atoms with E-state index in [1.165, 1.54) is 17.9 Å². The van der Waals surface area contributed by atoms with Crippen LogP contribution in [0.3, 0.4) is 0 Å². The summed E-state index contributed by atoms with van der Waals surface area (Å²) >= 11 is 0. The first-order chi connectivity index (χ1) is 10.0. The van der Waals surface area contributed by atoms with Gasteiger partial charge in [0.25, 0.3) is 0 Å². The number of amides is 1. The Kier molecular flexibility index (Phi) is 4.22. The third-order valence-corrected chi connectivity index (χ3v) is 2.94. The van der Waals surface area contributed by atoms with Gasteiger partial charge in [-0.15, -0.1) is 0 Å². The molecule has 21 heavy (non-hydrogen) atoms. The molecule has 0 radical (unpaired) electrons. The number of aromatic nitrogens is 1. The van der Waals surface area contributed by atoms with Gasteiger partial charge in [0.05, 0.1) is 17.5 Å². The van der Waals surface area contributed by atoms with E-state index in [0.29, 0.717) is 16.8 Å². The van der Waals surface area contributed by atoms with Gasteiger partial charge in [-0.2, -0.15) is 4.74 Å². The van der Waals surface area contributed by atoms with Crippen molar-refractivity contribution in [2.45, 2.75) is 20.5 Å². The molecule has 0 fully saturated rings. The topological polar surface area (TPSA) is 96.8 Å². The number of hydrogen-bond donors (Lipinski definition) is 2. The van der Waals surface area contributed by atoms with Crippen LogP contribution in [0.4, 0.5) is 0 Å². The van der Waals surface area contributed by atoms with Gasteiger partial charge in [0, 0.05) is 6.92 Å². The molecule has 2 N–H and O–H groups in total. The average molecular weight is 289 g/mol. The van der Waals surface area contributed by atoms with Crippen molar-refractivity contribution in [1.29, 1.82) is 0 Å². The second-order valence-corrected chi connectivity index (χ2v) is 4.49. The van der Waals surface area contributed by atoms with Crippen LogP contribution in [0, 0.1) is 0 Å². The van der Waals surface area contributed by atoms with Crippen LogP contribution in [0.5, 0.6) is 0 Å². The second-order valence-electron chi connectivity index (χ2n) is 4.49. The summed E-state index contributed by atoms with van der Waals surface area (Å²) in [5.41, 5.74) is 1.83. The van der Waals surface area contributed by atoms with E-state index in [1.807, 2.05) is 0 Å². The molecule has 1 heterocycles. The standard InChI is InChI=1S/C14H15N3O4/c1-9(16-20)11-3-5-12(6-4-11)13-7-17(21-14(13)19)8-15-10(2)18/h3-7,20H,8H2,1-2H3,(H,15,18)/b16-9-. The van der Waals surface area contributed by atoms with E-state index >= 15 is 0 Å². The summed E-state index contributed by atoms with van der Waals surface area (Å²) in [6.07, 6.45) is 1.53. The van der Waals surface area contributed by atoms with Gasteiger partial charge in [0.15, 0.2) is 0 Å². The normalized spacial score (nSPS) is 11.4. The number of nitrogens with zero attached hydrogens (tertiary/aromatic N) is 2. The first kappa shape index (κ1) is 14.6. The monoisotopic (exact) mass is 289 g/mol. The van der Waals surface area contributed by atoms with Crippen molar-refractivity contribution >= 4 is 11.6 Å². The zero-order chi connectivity index (χ0) is 15.4. The lowest BCUT2D eigenvalue weighted by molar-refractivity contribution is -0.119. The summed E-state index contributed by atoms with van der Waals surface area (Å²) in [5, 5.41) is 14.4. The molecule has 0 atom stereocenters. The largest absolute Gasteiger partial charge is 0.411 e. The lowest BCUT2D eigenvalue weighted by Gasteiger charge is -2.01. The SMILES string of the molecule is CC(=O)NCn1cc(-c2ccc(/C(C)=N\O)cc2)c(=O)o1. The average Bonchev–Trinajstić information content (AvgIpc) is 2.85. The highest BCUT2D eigenvalue weighted by atomic mass is 16.5. The molecule has 0 spiro atoms. The molecule has 0 aliphatic carbocycles. The summed E-state index contributed by atoms with van der Waals surface area (Å²) in [4.78, 5) is 22.6. The maximum atomic E-state index is 11.8. The zero-order valence-corrected chi connectivity index (χ0v) is 11.7. The molecule has 110 valence electrons. The van der Waals surface area contributed by atoms with Crippen molar-refractivity contribution in [3.05, 3.63) is 46.4 Å². The molecule has 1 aromatic heterocycles. The van der Waals surface area contributed by atoms with Crippen molar-refractivity contribution in [3.63, 3.8) is 0 Å². The molecule has 0 aliphatic heterocycles. The molecule has 0 saturated heterocycles. The molecule has 1 amide bonds. The Morgan fingerprint density at radius 1 is 1.33 bits per heavy atom. The maximum absolute atomic E-state index is 11.8. The number of nitrogens with one attached hydrogen (secondary N) is 1. The van der Waals surface area contributed by atoms with Crippen LogP contribution in [-0.4, -0.2) is 21.6 Å². The van der Waals surface area contributed by atoms with Crippen LogP contribution in [0.1, 0.15) is 19.4 Å². The van der Waals surface area contributed by atoms with E-state index in [9.17, 15) is 9.59 Å². The highest BCUT2D eigenvalue weighted by molar-refractivity contribution is 5.98. The summed E-state index contributed by atoms with van der Waals surface area (Å²) in [5.74, 6) is -0.212. The Balaban J connectivity index is 2.26. The molecule has 2 rings (SSSR count). The lowest BCUT2D eigenvalue weighted by Crippen LogP contribution is -2.22. The predicted octanol–water partition coefficient (Wildman–Crippen LogP) is 1.40. The van der Waals surface area contributed by atoms with Gasteiger partial charge in [-0.1, -0.05) is 29.4 Å². The Labute approximate surface area is 120 Å². The minimum atomic E-state index is -0.486. The third-order valence-electron chi connectivity index (χ3n) is 2.94. The first-order valence-corrected chi connectivity index (χ1v) is 6.26. The third kappa shape index (κ3) is 3.38. The van der Waals surface area contributed by atoms with E-state index < -0.39 is 5.63 Å². The summed E-state index contributed by atoms with van der Waals surface area (Å²) in [6, 6.07) is 6.96. The van der Waals surface area contributed by atoms with Gasteiger partial charge in [0.1, 0.15) is 6.67 Å². The van der Waals surface area contributed by atoms with Crippen molar-refractivity contribution in [3.8, 4) is 11.1 Å². The van der Waals surface area contributed by atoms with E-state index in [1.54, 1.807) is 31.2 Å². The van der Waals surface area contributed by atoms with Crippen molar-refractivity contribution in [2.24, 2.45) is 5.16 Å². The fourth-order valence-corrected chi connectivity index (χ4v) is 1.79. The van der Waals surface area contributed by atoms with Gasteiger partial charge in [-0.3, -0.25) is 4.79 Å². The van der Waals surface area contributed by atoms with Crippen LogP contribution in [0.2, 0.25) is 0 Å². The Morgan fingerprint density at radius 2 is 2.00 bits per heavy atom. The van der Waals surface area contributed by atoms with E-state index in [-0.39, 0.29) is 12.6 Å². The number of oxime groups is 1. The first-order valence-electron chi connectivity index (χ1n) is 6.26. The van der Waals surface area contributed by atoms with Gasteiger partial charge >= 0.3 is 5.63 Å². The van der Waals surface area contributed by atoms with Gasteiger partial charge in [-0.05, 0) is 18.1 Å². The van der Waals surface area contributed by atoms with Crippen molar-refractivity contribution in [2.75, 3.05) is 0 Å². The van der Waals surface area contributed by atoms with E-state index in [4.69, 9.17) is 9.73 Å². The highest BCUT2D eigenvalue weighted by Crippen LogP contribution is 2.17. The molecule has 7 nitrogen and oxygen atoms in total. The minimum Gasteiger partial charge on any atom is -0.411 e. The molecule has 0 bridgehead atoms. The van der Waals surface area contributed by atoms with Crippen LogP contribution >= 0.6 is 0 Å².